The molecule has 9 heteroatoms. The van der Waals surface area contributed by atoms with Crippen LogP contribution in [0.25, 0.3) is 0 Å². The van der Waals surface area contributed by atoms with E-state index in [0.29, 0.717) is 13.1 Å². The van der Waals surface area contributed by atoms with Crippen LogP contribution in [0.15, 0.2) is 18.2 Å². The van der Waals surface area contributed by atoms with Crippen molar-refractivity contribution in [3.63, 3.8) is 0 Å². The van der Waals surface area contributed by atoms with Crippen molar-refractivity contribution in [3.05, 3.63) is 29.6 Å². The Morgan fingerprint density at radius 1 is 1.38 bits per heavy atom. The van der Waals surface area contributed by atoms with E-state index in [1.54, 1.807) is 0 Å². The molecule has 1 aromatic rings. The highest BCUT2D eigenvalue weighted by Gasteiger charge is 2.44. The number of hydrogen-bond acceptors (Lipinski definition) is 4. The van der Waals surface area contributed by atoms with Gasteiger partial charge in [-0.2, -0.15) is 13.2 Å². The minimum atomic E-state index is -4.50. The second-order valence-corrected chi connectivity index (χ2v) is 5.37. The summed E-state index contributed by atoms with van der Waals surface area (Å²) in [5, 5.41) is 5.15. The van der Waals surface area contributed by atoms with Gasteiger partial charge in [-0.05, 0) is 12.1 Å². The second-order valence-electron chi connectivity index (χ2n) is 5.37. The Balaban J connectivity index is 2.10. The van der Waals surface area contributed by atoms with Crippen LogP contribution in [0.4, 0.5) is 17.6 Å². The molecule has 1 unspecified atom stereocenters. The van der Waals surface area contributed by atoms with Gasteiger partial charge in [0.2, 0.25) is 0 Å². The van der Waals surface area contributed by atoms with Gasteiger partial charge in [-0.25, -0.2) is 4.39 Å². The molecular formula is C15H19F4N3O2. The summed E-state index contributed by atoms with van der Waals surface area (Å²) in [4.78, 5) is 13.4. The molecule has 0 saturated carbocycles. The summed E-state index contributed by atoms with van der Waals surface area (Å²) in [5.74, 6) is -1.81. The van der Waals surface area contributed by atoms with Gasteiger partial charge >= 0.3 is 6.18 Å². The van der Waals surface area contributed by atoms with Crippen LogP contribution >= 0.6 is 0 Å². The van der Waals surface area contributed by atoms with E-state index in [1.807, 2.05) is 0 Å². The Bertz CT molecular complexity index is 574. The SMILES string of the molecule is COc1cccc(F)c1C(=O)NCC(N1CCNCC1)C(F)(F)F. The van der Waals surface area contributed by atoms with Crippen LogP contribution in [-0.2, 0) is 0 Å². The van der Waals surface area contributed by atoms with E-state index < -0.39 is 36.1 Å². The number of piperazine rings is 1. The normalized spacial score (nSPS) is 17.4. The molecule has 0 aliphatic carbocycles. The topological polar surface area (TPSA) is 53.6 Å². The van der Waals surface area contributed by atoms with Crippen LogP contribution in [0.3, 0.4) is 0 Å². The predicted molar refractivity (Wildman–Crippen MR) is 79.6 cm³/mol. The molecule has 1 atom stereocenters. The van der Waals surface area contributed by atoms with Gasteiger partial charge in [-0.3, -0.25) is 9.69 Å². The average molecular weight is 349 g/mol. The standard InChI is InChI=1S/C15H19F4N3O2/c1-24-11-4-2-3-10(16)13(11)14(23)21-9-12(15(17,18)19)22-7-5-20-6-8-22/h2-4,12,20H,5-9H2,1H3,(H,21,23). The highest BCUT2D eigenvalue weighted by molar-refractivity contribution is 5.97. The number of carbonyl (C=O) groups excluding carboxylic acids is 1. The van der Waals surface area contributed by atoms with Crippen LogP contribution in [0.5, 0.6) is 5.75 Å². The third kappa shape index (κ3) is 4.35. The number of benzene rings is 1. The van der Waals surface area contributed by atoms with Crippen molar-refractivity contribution < 1.29 is 27.1 Å². The van der Waals surface area contributed by atoms with Crippen LogP contribution in [0, 0.1) is 5.82 Å². The molecule has 1 aliphatic rings. The molecule has 1 heterocycles. The molecule has 5 nitrogen and oxygen atoms in total. The smallest absolute Gasteiger partial charge is 0.405 e. The van der Waals surface area contributed by atoms with Gasteiger partial charge in [0.25, 0.3) is 5.91 Å². The summed E-state index contributed by atoms with van der Waals surface area (Å²) in [5.41, 5.74) is -0.402. The molecule has 1 aliphatic heterocycles. The van der Waals surface area contributed by atoms with E-state index in [9.17, 15) is 22.4 Å². The van der Waals surface area contributed by atoms with E-state index in [2.05, 4.69) is 10.6 Å². The van der Waals surface area contributed by atoms with Crippen LogP contribution in [0.1, 0.15) is 10.4 Å². The minimum absolute atomic E-state index is 0.0294. The monoisotopic (exact) mass is 349 g/mol. The molecule has 1 fully saturated rings. The van der Waals surface area contributed by atoms with Crippen LogP contribution < -0.4 is 15.4 Å². The van der Waals surface area contributed by atoms with Crippen molar-refractivity contribution in [3.8, 4) is 5.75 Å². The lowest BCUT2D eigenvalue weighted by molar-refractivity contribution is -0.183. The van der Waals surface area contributed by atoms with Crippen molar-refractivity contribution >= 4 is 5.91 Å². The van der Waals surface area contributed by atoms with Gasteiger partial charge in [-0.1, -0.05) is 6.07 Å². The Labute approximate surface area is 137 Å². The summed E-state index contributed by atoms with van der Waals surface area (Å²) in [6.45, 7) is 0.690. The molecule has 1 saturated heterocycles. The first-order valence-electron chi connectivity index (χ1n) is 7.46. The fourth-order valence-corrected chi connectivity index (χ4v) is 2.62. The number of hydrogen-bond donors (Lipinski definition) is 2. The molecule has 2 rings (SSSR count). The zero-order valence-corrected chi connectivity index (χ0v) is 13.1. The molecule has 24 heavy (non-hydrogen) atoms. The Morgan fingerprint density at radius 2 is 2.04 bits per heavy atom. The molecular weight excluding hydrogens is 330 g/mol. The van der Waals surface area contributed by atoms with Gasteiger partial charge in [0.05, 0.1) is 7.11 Å². The summed E-state index contributed by atoms with van der Waals surface area (Å²) < 4.78 is 58.5. The summed E-state index contributed by atoms with van der Waals surface area (Å²) in [6, 6.07) is 1.95. The maximum absolute atomic E-state index is 13.8. The molecule has 0 spiro atoms. The van der Waals surface area contributed by atoms with Gasteiger partial charge in [0, 0.05) is 32.7 Å². The third-order valence-corrected chi connectivity index (χ3v) is 3.85. The van der Waals surface area contributed by atoms with Crippen LogP contribution in [-0.4, -0.2) is 62.9 Å². The Morgan fingerprint density at radius 3 is 2.62 bits per heavy atom. The Hall–Kier alpha value is -1.87. The highest BCUT2D eigenvalue weighted by atomic mass is 19.4. The van der Waals surface area contributed by atoms with Crippen molar-refractivity contribution in [1.29, 1.82) is 0 Å². The van der Waals surface area contributed by atoms with E-state index in [-0.39, 0.29) is 18.8 Å². The molecule has 0 radical (unpaired) electrons. The minimum Gasteiger partial charge on any atom is -0.496 e. The molecule has 1 amide bonds. The number of alkyl halides is 3. The van der Waals surface area contributed by atoms with E-state index in [1.165, 1.54) is 24.1 Å². The van der Waals surface area contributed by atoms with Crippen molar-refractivity contribution in [2.24, 2.45) is 0 Å². The number of nitrogens with zero attached hydrogens (tertiary/aromatic N) is 1. The zero-order valence-electron chi connectivity index (χ0n) is 13.1. The van der Waals surface area contributed by atoms with Gasteiger partial charge in [0.1, 0.15) is 23.2 Å². The number of ether oxygens (including phenoxy) is 1. The molecule has 1 aromatic carbocycles. The number of rotatable bonds is 5. The van der Waals surface area contributed by atoms with E-state index >= 15 is 0 Å². The fraction of sp³-hybridized carbons (Fsp3) is 0.533. The summed E-state index contributed by atoms with van der Waals surface area (Å²) in [6.07, 6.45) is -4.50. The first kappa shape index (κ1) is 18.5. The maximum Gasteiger partial charge on any atom is 0.405 e. The highest BCUT2D eigenvalue weighted by Crippen LogP contribution is 2.25. The van der Waals surface area contributed by atoms with E-state index in [4.69, 9.17) is 4.74 Å². The lowest BCUT2D eigenvalue weighted by atomic mass is 10.1. The fourth-order valence-electron chi connectivity index (χ4n) is 2.62. The van der Waals surface area contributed by atoms with Crippen molar-refractivity contribution in [2.75, 3.05) is 39.8 Å². The van der Waals surface area contributed by atoms with Gasteiger partial charge in [-0.15, -0.1) is 0 Å². The number of amides is 1. The maximum atomic E-state index is 13.8. The quantitative estimate of drug-likeness (QED) is 0.789. The molecule has 0 bridgehead atoms. The van der Waals surface area contributed by atoms with Gasteiger partial charge < -0.3 is 15.4 Å². The Kier molecular flexibility index (Phi) is 6.00. The molecule has 134 valence electrons. The largest absolute Gasteiger partial charge is 0.496 e. The molecule has 0 aromatic heterocycles. The molecule has 2 N–H and O–H groups in total. The van der Waals surface area contributed by atoms with Crippen molar-refractivity contribution in [1.82, 2.24) is 15.5 Å². The van der Waals surface area contributed by atoms with Crippen molar-refractivity contribution in [2.45, 2.75) is 12.2 Å². The van der Waals surface area contributed by atoms with E-state index in [0.717, 1.165) is 6.07 Å². The lowest BCUT2D eigenvalue weighted by Crippen LogP contribution is -2.57. The first-order valence-corrected chi connectivity index (χ1v) is 7.46. The third-order valence-electron chi connectivity index (χ3n) is 3.85. The first-order chi connectivity index (χ1) is 11.3. The number of halogens is 4. The predicted octanol–water partition coefficient (Wildman–Crippen LogP) is 1.40. The number of carbonyl (C=O) groups is 1. The van der Waals surface area contributed by atoms with Gasteiger partial charge in [0.15, 0.2) is 0 Å². The summed E-state index contributed by atoms with van der Waals surface area (Å²) in [7, 11) is 1.25. The second kappa shape index (κ2) is 7.80. The lowest BCUT2D eigenvalue weighted by Gasteiger charge is -2.35. The average Bonchev–Trinajstić information content (AvgIpc) is 2.54. The summed E-state index contributed by atoms with van der Waals surface area (Å²) >= 11 is 0. The number of methoxy groups -OCH3 is 1. The number of nitrogens with one attached hydrogen (secondary N) is 2. The van der Waals surface area contributed by atoms with Crippen LogP contribution in [0.2, 0.25) is 0 Å². The zero-order chi connectivity index (χ0) is 17.7.